The van der Waals surface area contributed by atoms with Crippen molar-refractivity contribution < 1.29 is 13.2 Å². The Morgan fingerprint density at radius 3 is 2.36 bits per heavy atom. The Hall–Kier alpha value is -1.15. The van der Waals surface area contributed by atoms with Gasteiger partial charge in [0.1, 0.15) is 0 Å². The van der Waals surface area contributed by atoms with Gasteiger partial charge in [-0.25, -0.2) is 12.7 Å². The van der Waals surface area contributed by atoms with E-state index in [4.69, 9.17) is 4.74 Å². The van der Waals surface area contributed by atoms with Crippen LogP contribution in [-0.2, 0) is 14.8 Å². The highest BCUT2D eigenvalue weighted by Gasteiger charge is 2.43. The third kappa shape index (κ3) is 4.22. The first-order valence-corrected chi connectivity index (χ1v) is 12.3. The number of benzene rings is 1. The number of ether oxygens (including phenoxy) is 1. The molecule has 1 spiro atoms. The van der Waals surface area contributed by atoms with Crippen molar-refractivity contribution in [3.63, 3.8) is 0 Å². The topological polar surface area (TPSA) is 53.1 Å². The van der Waals surface area contributed by atoms with Crippen LogP contribution in [0.4, 0.5) is 5.69 Å². The van der Waals surface area contributed by atoms with Gasteiger partial charge in [-0.15, -0.1) is 0 Å². The third-order valence-corrected chi connectivity index (χ3v) is 8.69. The quantitative estimate of drug-likeness (QED) is 0.766. The number of hydrogen-bond acceptors (Lipinski definition) is 5. The second kappa shape index (κ2) is 8.30. The molecule has 6 nitrogen and oxygen atoms in total. The number of anilines is 1. The Labute approximate surface area is 169 Å². The summed E-state index contributed by atoms with van der Waals surface area (Å²) < 4.78 is 32.2. The minimum absolute atomic E-state index is 0.126. The zero-order chi connectivity index (χ0) is 19.6. The highest BCUT2D eigenvalue weighted by Crippen LogP contribution is 2.37. The van der Waals surface area contributed by atoms with E-state index in [1.165, 1.54) is 5.69 Å². The van der Waals surface area contributed by atoms with Crippen LogP contribution >= 0.6 is 0 Å². The summed E-state index contributed by atoms with van der Waals surface area (Å²) in [6, 6.07) is 11.2. The van der Waals surface area contributed by atoms with E-state index < -0.39 is 10.0 Å². The molecule has 0 unspecified atom stereocenters. The number of para-hydroxylation sites is 1. The number of hydrogen-bond donors (Lipinski definition) is 0. The molecule has 0 radical (unpaired) electrons. The van der Waals surface area contributed by atoms with Crippen molar-refractivity contribution in [3.05, 3.63) is 30.3 Å². The van der Waals surface area contributed by atoms with Gasteiger partial charge in [-0.3, -0.25) is 4.90 Å². The van der Waals surface area contributed by atoms with E-state index in [1.807, 2.05) is 0 Å². The highest BCUT2D eigenvalue weighted by atomic mass is 32.2. The molecule has 156 valence electrons. The van der Waals surface area contributed by atoms with Gasteiger partial charge in [0.15, 0.2) is 0 Å². The molecule has 1 atom stereocenters. The van der Waals surface area contributed by atoms with Crippen LogP contribution in [-0.4, -0.2) is 80.9 Å². The zero-order valence-corrected chi connectivity index (χ0v) is 17.7. The number of nitrogens with zero attached hydrogens (tertiary/aromatic N) is 3. The fourth-order valence-corrected chi connectivity index (χ4v) is 6.10. The summed E-state index contributed by atoms with van der Waals surface area (Å²) in [4.78, 5) is 5.11. The van der Waals surface area contributed by atoms with Crippen LogP contribution in [0.3, 0.4) is 0 Å². The van der Waals surface area contributed by atoms with Crippen LogP contribution in [0.5, 0.6) is 0 Å². The Morgan fingerprint density at radius 2 is 1.71 bits per heavy atom. The molecule has 7 heteroatoms. The molecule has 3 saturated heterocycles. The van der Waals surface area contributed by atoms with E-state index in [9.17, 15) is 8.42 Å². The Morgan fingerprint density at radius 1 is 1.04 bits per heavy atom. The van der Waals surface area contributed by atoms with Crippen molar-refractivity contribution >= 4 is 15.7 Å². The lowest BCUT2D eigenvalue weighted by atomic mass is 9.82. The molecule has 1 aromatic rings. The molecule has 0 aromatic heterocycles. The van der Waals surface area contributed by atoms with Crippen molar-refractivity contribution in [2.45, 2.75) is 44.2 Å². The molecule has 0 saturated carbocycles. The second-order valence-electron chi connectivity index (χ2n) is 8.34. The zero-order valence-electron chi connectivity index (χ0n) is 16.9. The van der Waals surface area contributed by atoms with Crippen LogP contribution in [0, 0.1) is 0 Å². The van der Waals surface area contributed by atoms with Gasteiger partial charge in [0.05, 0.1) is 11.4 Å². The number of sulfonamides is 1. The summed E-state index contributed by atoms with van der Waals surface area (Å²) in [5.74, 6) is 0.190. The number of piperidine rings is 1. The lowest BCUT2D eigenvalue weighted by Crippen LogP contribution is -2.57. The van der Waals surface area contributed by atoms with Crippen LogP contribution in [0.15, 0.2) is 30.3 Å². The molecule has 0 N–H and O–H groups in total. The summed E-state index contributed by atoms with van der Waals surface area (Å²) in [6.45, 7) is 8.03. The normalized spacial score (nSPS) is 27.2. The van der Waals surface area contributed by atoms with Crippen LogP contribution in [0.2, 0.25) is 0 Å². The fourth-order valence-electron chi connectivity index (χ4n) is 5.00. The van der Waals surface area contributed by atoms with Gasteiger partial charge in [0.25, 0.3) is 0 Å². The third-order valence-electron chi connectivity index (χ3n) is 6.81. The maximum atomic E-state index is 12.2. The summed E-state index contributed by atoms with van der Waals surface area (Å²) in [7, 11) is -3.08. The number of piperazine rings is 1. The smallest absolute Gasteiger partial charge is 0.213 e. The van der Waals surface area contributed by atoms with Crippen LogP contribution in [0.25, 0.3) is 0 Å². The van der Waals surface area contributed by atoms with Gasteiger partial charge in [-0.1, -0.05) is 18.2 Å². The molecule has 0 bridgehead atoms. The molecule has 0 amide bonds. The Bertz CT molecular complexity index is 739. The summed E-state index contributed by atoms with van der Waals surface area (Å²) in [6.07, 6.45) is 3.78. The van der Waals surface area contributed by atoms with E-state index in [2.05, 4.69) is 40.1 Å². The SMILES string of the molecule is CCS(=O)(=O)N1CCC2(CC1)C[C@@H](N1CCN(c3ccccc3)CC1)CCO2. The summed E-state index contributed by atoms with van der Waals surface area (Å²) in [5.41, 5.74) is 1.19. The molecule has 3 aliphatic rings. The lowest BCUT2D eigenvalue weighted by Gasteiger charge is -2.49. The predicted molar refractivity (Wildman–Crippen MR) is 112 cm³/mol. The van der Waals surface area contributed by atoms with Crippen molar-refractivity contribution in [1.29, 1.82) is 0 Å². The van der Waals surface area contributed by atoms with Gasteiger partial charge in [-0.2, -0.15) is 0 Å². The second-order valence-corrected chi connectivity index (χ2v) is 10.6. The molecule has 4 rings (SSSR count). The Kier molecular flexibility index (Phi) is 5.97. The van der Waals surface area contributed by atoms with Crippen molar-refractivity contribution in [1.82, 2.24) is 9.21 Å². The van der Waals surface area contributed by atoms with E-state index in [-0.39, 0.29) is 11.4 Å². The molecule has 3 heterocycles. The molecular weight excluding hydrogens is 374 g/mol. The van der Waals surface area contributed by atoms with Crippen LogP contribution in [0.1, 0.15) is 32.6 Å². The highest BCUT2D eigenvalue weighted by molar-refractivity contribution is 7.89. The Balaban J connectivity index is 1.33. The van der Waals surface area contributed by atoms with E-state index in [0.717, 1.165) is 58.5 Å². The monoisotopic (exact) mass is 407 g/mol. The molecule has 3 fully saturated rings. The average Bonchev–Trinajstić information content (AvgIpc) is 2.75. The minimum Gasteiger partial charge on any atom is -0.375 e. The van der Waals surface area contributed by atoms with Gasteiger partial charge in [-0.05, 0) is 44.7 Å². The van der Waals surface area contributed by atoms with E-state index >= 15 is 0 Å². The van der Waals surface area contributed by atoms with Crippen molar-refractivity contribution in [3.8, 4) is 0 Å². The molecule has 0 aliphatic carbocycles. The summed E-state index contributed by atoms with van der Waals surface area (Å²) in [5, 5.41) is 0. The first-order chi connectivity index (χ1) is 13.5. The van der Waals surface area contributed by atoms with E-state index in [0.29, 0.717) is 19.1 Å². The van der Waals surface area contributed by atoms with Crippen molar-refractivity contribution in [2.75, 3.05) is 56.5 Å². The summed E-state index contributed by atoms with van der Waals surface area (Å²) >= 11 is 0. The standard InChI is InChI=1S/C21H33N3O3S/c1-2-28(25,26)24-11-9-21(10-12-24)18-20(8-17-27-21)23-15-13-22(14-16-23)19-6-4-3-5-7-19/h3-7,20H,2,8-18H2,1H3/t20-/m0/s1. The van der Waals surface area contributed by atoms with Crippen molar-refractivity contribution in [2.24, 2.45) is 0 Å². The lowest BCUT2D eigenvalue weighted by molar-refractivity contribution is -0.127. The van der Waals surface area contributed by atoms with E-state index in [1.54, 1.807) is 11.2 Å². The van der Waals surface area contributed by atoms with Gasteiger partial charge < -0.3 is 9.64 Å². The predicted octanol–water partition coefficient (Wildman–Crippen LogP) is 2.17. The first kappa shape index (κ1) is 20.1. The molecule has 3 aliphatic heterocycles. The average molecular weight is 408 g/mol. The van der Waals surface area contributed by atoms with Gasteiger partial charge >= 0.3 is 0 Å². The molecule has 1 aromatic carbocycles. The van der Waals surface area contributed by atoms with Gasteiger partial charge in [0.2, 0.25) is 10.0 Å². The van der Waals surface area contributed by atoms with Gasteiger partial charge in [0, 0.05) is 57.6 Å². The fraction of sp³-hybridized carbons (Fsp3) is 0.714. The maximum Gasteiger partial charge on any atom is 0.213 e. The first-order valence-electron chi connectivity index (χ1n) is 10.7. The maximum absolute atomic E-state index is 12.2. The molecule has 28 heavy (non-hydrogen) atoms. The van der Waals surface area contributed by atoms with Crippen LogP contribution < -0.4 is 4.90 Å². The molecular formula is C21H33N3O3S. The largest absolute Gasteiger partial charge is 0.375 e. The number of rotatable bonds is 4. The minimum atomic E-state index is -3.08.